The van der Waals surface area contributed by atoms with Crippen molar-refractivity contribution in [2.24, 2.45) is 0 Å². The van der Waals surface area contributed by atoms with Gasteiger partial charge in [0, 0.05) is 20.3 Å². The maximum Gasteiger partial charge on any atom is 0.241 e. The van der Waals surface area contributed by atoms with Gasteiger partial charge in [0.25, 0.3) is 0 Å². The largest absolute Gasteiger partial charge is 0.361 e. The standard InChI is InChI=1S/C9H14N4O/c1-7-10-5-4-8(12-7)11-6-9(14)13(2)3/h4-5H,6H2,1-3H3,(H,10,11,12). The van der Waals surface area contributed by atoms with Crippen LogP contribution >= 0.6 is 0 Å². The Hall–Kier alpha value is -1.65. The fourth-order valence-corrected chi connectivity index (χ4v) is 0.879. The molecule has 0 saturated heterocycles. The minimum atomic E-state index is 0.0151. The predicted octanol–water partition coefficient (Wildman–Crippen LogP) is 0.285. The van der Waals surface area contributed by atoms with Crippen molar-refractivity contribution in [3.05, 3.63) is 18.1 Å². The number of amides is 1. The van der Waals surface area contributed by atoms with Gasteiger partial charge in [0.1, 0.15) is 11.6 Å². The Morgan fingerprint density at radius 3 is 2.86 bits per heavy atom. The highest BCUT2D eigenvalue weighted by Gasteiger charge is 2.03. The predicted molar refractivity (Wildman–Crippen MR) is 54.0 cm³/mol. The van der Waals surface area contributed by atoms with Gasteiger partial charge in [-0.05, 0) is 13.0 Å². The molecule has 5 nitrogen and oxygen atoms in total. The molecule has 14 heavy (non-hydrogen) atoms. The van der Waals surface area contributed by atoms with Gasteiger partial charge < -0.3 is 10.2 Å². The Morgan fingerprint density at radius 1 is 1.57 bits per heavy atom. The van der Waals surface area contributed by atoms with Crippen molar-refractivity contribution in [3.63, 3.8) is 0 Å². The second-order valence-electron chi connectivity index (χ2n) is 3.13. The summed E-state index contributed by atoms with van der Waals surface area (Å²) in [6.07, 6.45) is 1.66. The second kappa shape index (κ2) is 4.55. The zero-order valence-electron chi connectivity index (χ0n) is 8.61. The van der Waals surface area contributed by atoms with Crippen molar-refractivity contribution in [2.75, 3.05) is 26.0 Å². The third kappa shape index (κ3) is 3.01. The molecular weight excluding hydrogens is 180 g/mol. The van der Waals surface area contributed by atoms with E-state index in [4.69, 9.17) is 0 Å². The second-order valence-corrected chi connectivity index (χ2v) is 3.13. The summed E-state index contributed by atoms with van der Waals surface area (Å²) in [6.45, 7) is 2.06. The van der Waals surface area contributed by atoms with E-state index in [1.54, 1.807) is 33.3 Å². The maximum absolute atomic E-state index is 11.2. The minimum Gasteiger partial charge on any atom is -0.361 e. The lowest BCUT2D eigenvalue weighted by Gasteiger charge is -2.11. The van der Waals surface area contributed by atoms with Gasteiger partial charge >= 0.3 is 0 Å². The normalized spacial score (nSPS) is 9.64. The van der Waals surface area contributed by atoms with Gasteiger partial charge in [0.2, 0.25) is 5.91 Å². The van der Waals surface area contributed by atoms with Crippen LogP contribution in [0.1, 0.15) is 5.82 Å². The molecule has 1 aromatic heterocycles. The third-order valence-corrected chi connectivity index (χ3v) is 1.70. The highest BCUT2D eigenvalue weighted by molar-refractivity contribution is 5.79. The molecule has 76 valence electrons. The van der Waals surface area contributed by atoms with E-state index in [-0.39, 0.29) is 12.5 Å². The number of rotatable bonds is 3. The van der Waals surface area contributed by atoms with E-state index in [0.717, 1.165) is 0 Å². The van der Waals surface area contributed by atoms with Crippen LogP contribution in [0.4, 0.5) is 5.82 Å². The summed E-state index contributed by atoms with van der Waals surface area (Å²) in [5.74, 6) is 1.38. The van der Waals surface area contributed by atoms with Gasteiger partial charge in [0.15, 0.2) is 0 Å². The number of aromatic nitrogens is 2. The highest BCUT2D eigenvalue weighted by atomic mass is 16.2. The van der Waals surface area contributed by atoms with Crippen LogP contribution in [-0.4, -0.2) is 41.4 Å². The molecule has 0 bridgehead atoms. The van der Waals surface area contributed by atoms with E-state index in [1.165, 1.54) is 4.90 Å². The summed E-state index contributed by atoms with van der Waals surface area (Å²) in [4.78, 5) is 20.8. The van der Waals surface area contributed by atoms with E-state index in [2.05, 4.69) is 15.3 Å². The van der Waals surface area contributed by atoms with Crippen LogP contribution in [0.25, 0.3) is 0 Å². The number of likely N-dealkylation sites (N-methyl/N-ethyl adjacent to an activating group) is 1. The molecular formula is C9H14N4O. The SMILES string of the molecule is Cc1nccc(NCC(=O)N(C)C)n1. The topological polar surface area (TPSA) is 58.1 Å². The quantitative estimate of drug-likeness (QED) is 0.751. The molecule has 0 saturated carbocycles. The lowest BCUT2D eigenvalue weighted by atomic mass is 10.5. The number of hydrogen-bond acceptors (Lipinski definition) is 4. The molecule has 0 spiro atoms. The summed E-state index contributed by atoms with van der Waals surface area (Å²) in [5, 5.41) is 2.92. The summed E-state index contributed by atoms with van der Waals surface area (Å²) < 4.78 is 0. The molecule has 5 heteroatoms. The van der Waals surface area contributed by atoms with E-state index in [0.29, 0.717) is 11.6 Å². The van der Waals surface area contributed by atoms with Crippen molar-refractivity contribution in [2.45, 2.75) is 6.92 Å². The van der Waals surface area contributed by atoms with Crippen molar-refractivity contribution in [3.8, 4) is 0 Å². The molecule has 0 fully saturated rings. The molecule has 0 aromatic carbocycles. The molecule has 1 amide bonds. The number of nitrogens with zero attached hydrogens (tertiary/aromatic N) is 3. The highest BCUT2D eigenvalue weighted by Crippen LogP contribution is 2.00. The van der Waals surface area contributed by atoms with E-state index >= 15 is 0 Å². The first kappa shape index (κ1) is 10.4. The Kier molecular flexibility index (Phi) is 3.39. The maximum atomic E-state index is 11.2. The molecule has 0 atom stereocenters. The van der Waals surface area contributed by atoms with Crippen LogP contribution in [0.3, 0.4) is 0 Å². The number of anilines is 1. The Labute approximate surface area is 83.2 Å². The average molecular weight is 194 g/mol. The monoisotopic (exact) mass is 194 g/mol. The molecule has 0 unspecified atom stereocenters. The third-order valence-electron chi connectivity index (χ3n) is 1.70. The van der Waals surface area contributed by atoms with Crippen LogP contribution < -0.4 is 5.32 Å². The molecule has 1 aromatic rings. The lowest BCUT2D eigenvalue weighted by Crippen LogP contribution is -2.28. The molecule has 0 aliphatic rings. The van der Waals surface area contributed by atoms with Gasteiger partial charge in [0.05, 0.1) is 6.54 Å². The zero-order valence-corrected chi connectivity index (χ0v) is 8.61. The average Bonchev–Trinajstić information content (AvgIpc) is 2.14. The van der Waals surface area contributed by atoms with Crippen LogP contribution in [0.15, 0.2) is 12.3 Å². The number of hydrogen-bond donors (Lipinski definition) is 1. The van der Waals surface area contributed by atoms with Crippen LogP contribution in [0.2, 0.25) is 0 Å². The van der Waals surface area contributed by atoms with Crippen molar-refractivity contribution in [1.82, 2.24) is 14.9 Å². The van der Waals surface area contributed by atoms with Gasteiger partial charge in [-0.25, -0.2) is 9.97 Å². The van der Waals surface area contributed by atoms with Gasteiger partial charge in [-0.2, -0.15) is 0 Å². The van der Waals surface area contributed by atoms with E-state index in [9.17, 15) is 4.79 Å². The number of carbonyl (C=O) groups excluding carboxylic acids is 1. The summed E-state index contributed by atoms with van der Waals surface area (Å²) in [7, 11) is 3.44. The van der Waals surface area contributed by atoms with Crippen LogP contribution in [0, 0.1) is 6.92 Å². The van der Waals surface area contributed by atoms with Crippen LogP contribution in [-0.2, 0) is 4.79 Å². The number of nitrogens with one attached hydrogen (secondary N) is 1. The fraction of sp³-hybridized carbons (Fsp3) is 0.444. The molecule has 0 aliphatic heterocycles. The van der Waals surface area contributed by atoms with Gasteiger partial charge in [-0.3, -0.25) is 4.79 Å². The smallest absolute Gasteiger partial charge is 0.241 e. The summed E-state index contributed by atoms with van der Waals surface area (Å²) in [6, 6.07) is 1.73. The van der Waals surface area contributed by atoms with Gasteiger partial charge in [-0.1, -0.05) is 0 Å². The van der Waals surface area contributed by atoms with Gasteiger partial charge in [-0.15, -0.1) is 0 Å². The number of aryl methyl sites for hydroxylation is 1. The molecule has 1 heterocycles. The van der Waals surface area contributed by atoms with Crippen molar-refractivity contribution < 1.29 is 4.79 Å². The first-order chi connectivity index (χ1) is 6.59. The first-order valence-corrected chi connectivity index (χ1v) is 4.33. The molecule has 1 N–H and O–H groups in total. The molecule has 1 rings (SSSR count). The first-order valence-electron chi connectivity index (χ1n) is 4.33. The Morgan fingerprint density at radius 2 is 2.29 bits per heavy atom. The summed E-state index contributed by atoms with van der Waals surface area (Å²) >= 11 is 0. The van der Waals surface area contributed by atoms with Crippen LogP contribution in [0.5, 0.6) is 0 Å². The molecule has 0 aliphatic carbocycles. The zero-order chi connectivity index (χ0) is 10.6. The Balaban J connectivity index is 2.50. The minimum absolute atomic E-state index is 0.0151. The van der Waals surface area contributed by atoms with E-state index < -0.39 is 0 Å². The lowest BCUT2D eigenvalue weighted by molar-refractivity contribution is -0.126. The molecule has 0 radical (unpaired) electrons. The summed E-state index contributed by atoms with van der Waals surface area (Å²) in [5.41, 5.74) is 0. The fourth-order valence-electron chi connectivity index (χ4n) is 0.879. The Bertz CT molecular complexity index is 324. The van der Waals surface area contributed by atoms with E-state index in [1.807, 2.05) is 0 Å². The number of carbonyl (C=O) groups is 1. The van der Waals surface area contributed by atoms with Crippen molar-refractivity contribution >= 4 is 11.7 Å². The van der Waals surface area contributed by atoms with Crippen molar-refractivity contribution in [1.29, 1.82) is 0 Å².